The number of carbonyl (C=O) groups is 1. The van der Waals surface area contributed by atoms with Crippen LogP contribution in [0.15, 0.2) is 54.6 Å². The van der Waals surface area contributed by atoms with E-state index in [-0.39, 0.29) is 18.6 Å². The molecule has 1 N–H and O–H groups in total. The molecule has 0 radical (unpaired) electrons. The predicted molar refractivity (Wildman–Crippen MR) is 86.2 cm³/mol. The number of aryl methyl sites for hydroxylation is 1. The predicted octanol–water partition coefficient (Wildman–Crippen LogP) is 2.96. The Morgan fingerprint density at radius 2 is 1.73 bits per heavy atom. The van der Waals surface area contributed by atoms with Crippen molar-refractivity contribution in [3.8, 4) is 11.5 Å². The van der Waals surface area contributed by atoms with Crippen LogP contribution in [-0.2, 0) is 4.79 Å². The van der Waals surface area contributed by atoms with Crippen molar-refractivity contribution in [2.45, 2.75) is 19.9 Å². The Morgan fingerprint density at radius 3 is 2.45 bits per heavy atom. The van der Waals surface area contributed by atoms with E-state index in [0.717, 1.165) is 11.3 Å². The second-order valence-corrected chi connectivity index (χ2v) is 5.15. The van der Waals surface area contributed by atoms with E-state index >= 15 is 0 Å². The van der Waals surface area contributed by atoms with Gasteiger partial charge in [0.05, 0.1) is 6.04 Å². The van der Waals surface area contributed by atoms with Gasteiger partial charge >= 0.3 is 0 Å². The summed E-state index contributed by atoms with van der Waals surface area (Å²) in [5.41, 5.74) is 1.08. The largest absolute Gasteiger partial charge is 0.491 e. The summed E-state index contributed by atoms with van der Waals surface area (Å²) in [5.74, 6) is 1.36. The van der Waals surface area contributed by atoms with Crippen LogP contribution in [0.4, 0.5) is 0 Å². The van der Waals surface area contributed by atoms with Gasteiger partial charge in [0.1, 0.15) is 18.1 Å². The molecule has 0 aliphatic heterocycles. The highest BCUT2D eigenvalue weighted by Crippen LogP contribution is 2.16. The summed E-state index contributed by atoms with van der Waals surface area (Å²) >= 11 is 0. The molecule has 0 aliphatic rings. The first-order chi connectivity index (χ1) is 10.6. The van der Waals surface area contributed by atoms with Crippen LogP contribution in [0.2, 0.25) is 0 Å². The van der Waals surface area contributed by atoms with Gasteiger partial charge in [-0.3, -0.25) is 4.79 Å². The maximum Gasteiger partial charge on any atom is 0.258 e. The molecule has 0 heterocycles. The van der Waals surface area contributed by atoms with Crippen LogP contribution in [0.5, 0.6) is 11.5 Å². The molecule has 0 aliphatic carbocycles. The minimum absolute atomic E-state index is 0.00127. The molecule has 0 saturated carbocycles. The highest BCUT2D eigenvalue weighted by molar-refractivity contribution is 5.77. The Balaban J connectivity index is 1.71. The van der Waals surface area contributed by atoms with Crippen LogP contribution in [0, 0.1) is 6.92 Å². The molecule has 1 amide bonds. The lowest BCUT2D eigenvalue weighted by molar-refractivity contribution is -0.123. The average molecular weight is 299 g/mol. The van der Waals surface area contributed by atoms with Gasteiger partial charge in [-0.15, -0.1) is 0 Å². The van der Waals surface area contributed by atoms with Crippen molar-refractivity contribution < 1.29 is 14.3 Å². The Morgan fingerprint density at radius 1 is 1.05 bits per heavy atom. The van der Waals surface area contributed by atoms with Crippen molar-refractivity contribution in [1.82, 2.24) is 5.32 Å². The van der Waals surface area contributed by atoms with Crippen LogP contribution in [-0.4, -0.2) is 25.2 Å². The third-order valence-corrected chi connectivity index (χ3v) is 3.10. The second kappa shape index (κ2) is 8.08. The second-order valence-electron chi connectivity index (χ2n) is 5.15. The van der Waals surface area contributed by atoms with Crippen LogP contribution < -0.4 is 14.8 Å². The SMILES string of the molecule is Cc1ccccc1OC[C@@H](C)NC(=O)COc1ccccc1. The number of rotatable bonds is 7. The fourth-order valence-corrected chi connectivity index (χ4v) is 1.96. The monoisotopic (exact) mass is 299 g/mol. The Bertz CT molecular complexity index is 598. The van der Waals surface area contributed by atoms with E-state index in [1.54, 1.807) is 0 Å². The minimum atomic E-state index is -0.162. The fourth-order valence-electron chi connectivity index (χ4n) is 1.96. The van der Waals surface area contributed by atoms with Gasteiger partial charge in [0.25, 0.3) is 5.91 Å². The fraction of sp³-hybridized carbons (Fsp3) is 0.278. The standard InChI is InChI=1S/C18H21NO3/c1-14-8-6-7-11-17(14)22-12-15(2)19-18(20)13-21-16-9-4-3-5-10-16/h3-11,15H,12-13H2,1-2H3,(H,19,20)/t15-/m1/s1. The van der Waals surface area contributed by atoms with Gasteiger partial charge in [-0.25, -0.2) is 0 Å². The van der Waals surface area contributed by atoms with Crippen molar-refractivity contribution in [2.24, 2.45) is 0 Å². The molecule has 116 valence electrons. The molecule has 0 unspecified atom stereocenters. The topological polar surface area (TPSA) is 47.6 Å². The zero-order valence-corrected chi connectivity index (χ0v) is 12.9. The quantitative estimate of drug-likeness (QED) is 0.855. The normalized spacial score (nSPS) is 11.5. The van der Waals surface area contributed by atoms with E-state index in [0.29, 0.717) is 12.4 Å². The molecule has 0 aromatic heterocycles. The van der Waals surface area contributed by atoms with E-state index in [2.05, 4.69) is 5.32 Å². The number of nitrogens with one attached hydrogen (secondary N) is 1. The number of amides is 1. The van der Waals surface area contributed by atoms with Gasteiger partial charge < -0.3 is 14.8 Å². The van der Waals surface area contributed by atoms with E-state index in [1.807, 2.05) is 68.4 Å². The van der Waals surface area contributed by atoms with Crippen LogP contribution in [0.25, 0.3) is 0 Å². The first-order valence-electron chi connectivity index (χ1n) is 7.31. The van der Waals surface area contributed by atoms with Crippen LogP contribution >= 0.6 is 0 Å². The van der Waals surface area contributed by atoms with Gasteiger partial charge in [0, 0.05) is 0 Å². The lowest BCUT2D eigenvalue weighted by Crippen LogP contribution is -2.39. The lowest BCUT2D eigenvalue weighted by atomic mass is 10.2. The molecule has 0 spiro atoms. The van der Waals surface area contributed by atoms with Crippen molar-refractivity contribution in [3.63, 3.8) is 0 Å². The number of benzene rings is 2. The molecule has 2 rings (SSSR count). The molecule has 22 heavy (non-hydrogen) atoms. The molecule has 4 heteroatoms. The number of hydrogen-bond donors (Lipinski definition) is 1. The van der Waals surface area contributed by atoms with E-state index in [1.165, 1.54) is 0 Å². The summed E-state index contributed by atoms with van der Waals surface area (Å²) in [6.45, 7) is 4.31. The van der Waals surface area contributed by atoms with Crippen molar-refractivity contribution >= 4 is 5.91 Å². The highest BCUT2D eigenvalue weighted by atomic mass is 16.5. The highest BCUT2D eigenvalue weighted by Gasteiger charge is 2.09. The zero-order chi connectivity index (χ0) is 15.8. The zero-order valence-electron chi connectivity index (χ0n) is 12.9. The van der Waals surface area contributed by atoms with E-state index < -0.39 is 0 Å². The van der Waals surface area contributed by atoms with Crippen molar-refractivity contribution in [3.05, 3.63) is 60.2 Å². The van der Waals surface area contributed by atoms with Gasteiger partial charge in [-0.05, 0) is 37.6 Å². The number of ether oxygens (including phenoxy) is 2. The van der Waals surface area contributed by atoms with Gasteiger partial charge in [-0.2, -0.15) is 0 Å². The van der Waals surface area contributed by atoms with E-state index in [9.17, 15) is 4.79 Å². The maximum atomic E-state index is 11.8. The van der Waals surface area contributed by atoms with E-state index in [4.69, 9.17) is 9.47 Å². The number of hydrogen-bond acceptors (Lipinski definition) is 3. The van der Waals surface area contributed by atoms with Crippen LogP contribution in [0.3, 0.4) is 0 Å². The van der Waals surface area contributed by atoms with Gasteiger partial charge in [0.15, 0.2) is 6.61 Å². The van der Waals surface area contributed by atoms with Gasteiger partial charge in [-0.1, -0.05) is 36.4 Å². The number of para-hydroxylation sites is 2. The molecule has 0 bridgehead atoms. The van der Waals surface area contributed by atoms with Crippen molar-refractivity contribution in [2.75, 3.05) is 13.2 Å². The molecular formula is C18H21NO3. The average Bonchev–Trinajstić information content (AvgIpc) is 2.53. The number of carbonyl (C=O) groups excluding carboxylic acids is 1. The summed E-state index contributed by atoms with van der Waals surface area (Å²) in [7, 11) is 0. The molecular weight excluding hydrogens is 278 g/mol. The van der Waals surface area contributed by atoms with Crippen LogP contribution in [0.1, 0.15) is 12.5 Å². The maximum absolute atomic E-state index is 11.8. The molecule has 0 fully saturated rings. The Labute approximate surface area is 131 Å². The minimum Gasteiger partial charge on any atom is -0.491 e. The third-order valence-electron chi connectivity index (χ3n) is 3.10. The summed E-state index contributed by atoms with van der Waals surface area (Å²) < 4.78 is 11.1. The first kappa shape index (κ1) is 15.9. The summed E-state index contributed by atoms with van der Waals surface area (Å²) in [5, 5.41) is 2.85. The first-order valence-corrected chi connectivity index (χ1v) is 7.31. The molecule has 0 saturated heterocycles. The molecule has 2 aromatic rings. The third kappa shape index (κ3) is 5.13. The lowest BCUT2D eigenvalue weighted by Gasteiger charge is -2.16. The molecule has 2 aromatic carbocycles. The summed E-state index contributed by atoms with van der Waals surface area (Å²) in [6, 6.07) is 17.0. The van der Waals surface area contributed by atoms with Gasteiger partial charge in [0.2, 0.25) is 0 Å². The smallest absolute Gasteiger partial charge is 0.258 e. The Kier molecular flexibility index (Phi) is 5.83. The van der Waals surface area contributed by atoms with Crippen molar-refractivity contribution in [1.29, 1.82) is 0 Å². The molecule has 1 atom stereocenters. The Hall–Kier alpha value is -2.49. The summed E-state index contributed by atoms with van der Waals surface area (Å²) in [4.78, 5) is 11.8. The summed E-state index contributed by atoms with van der Waals surface area (Å²) in [6.07, 6.45) is 0. The molecule has 4 nitrogen and oxygen atoms in total.